The van der Waals surface area contributed by atoms with Gasteiger partial charge < -0.3 is 14.6 Å². The van der Waals surface area contributed by atoms with Gasteiger partial charge in [-0.3, -0.25) is 9.69 Å². The van der Waals surface area contributed by atoms with Crippen LogP contribution in [-0.4, -0.2) is 55.1 Å². The van der Waals surface area contributed by atoms with E-state index in [4.69, 9.17) is 27.6 Å². The maximum atomic E-state index is 12.6. The Morgan fingerprint density at radius 3 is 2.65 bits per heavy atom. The van der Waals surface area contributed by atoms with Crippen molar-refractivity contribution >= 4 is 34.8 Å². The minimum atomic E-state index is -0.168. The van der Waals surface area contributed by atoms with Crippen molar-refractivity contribution in [2.45, 2.75) is 46.0 Å². The number of hydrogen-bond acceptors (Lipinski definition) is 5. The van der Waals surface area contributed by atoms with Gasteiger partial charge in [-0.1, -0.05) is 50.0 Å². The highest BCUT2D eigenvalue weighted by Gasteiger charge is 2.22. The number of rotatable bonds is 9. The van der Waals surface area contributed by atoms with Crippen LogP contribution < -0.4 is 10.2 Å². The second-order valence-electron chi connectivity index (χ2n) is 8.24. The minimum Gasteiger partial charge on any atom is -0.435 e. The average molecular weight is 467 g/mol. The van der Waals surface area contributed by atoms with E-state index >= 15 is 0 Å². The molecule has 0 unspecified atom stereocenters. The van der Waals surface area contributed by atoms with Crippen LogP contribution >= 0.6 is 23.2 Å². The van der Waals surface area contributed by atoms with Crippen LogP contribution in [0, 0.1) is 0 Å². The number of anilines is 1. The number of oxazole rings is 1. The van der Waals surface area contributed by atoms with Gasteiger partial charge in [-0.05, 0) is 37.4 Å². The molecular weight excluding hydrogens is 435 g/mol. The van der Waals surface area contributed by atoms with Gasteiger partial charge in [-0.2, -0.15) is 0 Å². The number of aryl methyl sites for hydroxylation is 1. The van der Waals surface area contributed by atoms with Crippen LogP contribution in [-0.2, 0) is 6.42 Å². The number of carbonyl (C=O) groups is 1. The van der Waals surface area contributed by atoms with Crippen molar-refractivity contribution < 1.29 is 9.21 Å². The third-order valence-corrected chi connectivity index (χ3v) is 6.30. The predicted molar refractivity (Wildman–Crippen MR) is 127 cm³/mol. The van der Waals surface area contributed by atoms with E-state index in [1.807, 2.05) is 32.0 Å². The van der Waals surface area contributed by atoms with E-state index < -0.39 is 0 Å². The monoisotopic (exact) mass is 466 g/mol. The Labute approximate surface area is 194 Å². The van der Waals surface area contributed by atoms with Gasteiger partial charge in [0.2, 0.25) is 5.76 Å². The Hall–Kier alpha value is -1.76. The summed E-state index contributed by atoms with van der Waals surface area (Å²) in [6, 6.07) is 5.76. The molecule has 1 aliphatic heterocycles. The first-order chi connectivity index (χ1) is 14.9. The largest absolute Gasteiger partial charge is 0.435 e. The predicted octanol–water partition coefficient (Wildman–Crippen LogP) is 5.00. The summed E-state index contributed by atoms with van der Waals surface area (Å²) in [4.78, 5) is 21.8. The molecule has 1 fully saturated rings. The van der Waals surface area contributed by atoms with Crippen LogP contribution in [0.2, 0.25) is 10.0 Å². The lowest BCUT2D eigenvalue weighted by Gasteiger charge is -2.36. The van der Waals surface area contributed by atoms with Gasteiger partial charge in [-0.15, -0.1) is 0 Å². The molecule has 1 saturated heterocycles. The summed E-state index contributed by atoms with van der Waals surface area (Å²) in [5, 5.41) is 4.21. The van der Waals surface area contributed by atoms with Crippen molar-refractivity contribution in [3.63, 3.8) is 0 Å². The lowest BCUT2D eigenvalue weighted by atomic mass is 10.1. The quantitative estimate of drug-likeness (QED) is 0.526. The Balaban J connectivity index is 1.43. The van der Waals surface area contributed by atoms with E-state index in [0.29, 0.717) is 28.2 Å². The summed E-state index contributed by atoms with van der Waals surface area (Å²) in [6.45, 7) is 11.4. The number of benzene rings is 1. The van der Waals surface area contributed by atoms with Crippen molar-refractivity contribution in [1.82, 2.24) is 15.2 Å². The summed E-state index contributed by atoms with van der Waals surface area (Å²) >= 11 is 12.5. The van der Waals surface area contributed by atoms with Crippen LogP contribution in [0.1, 0.15) is 61.7 Å². The highest BCUT2D eigenvalue weighted by Crippen LogP contribution is 2.32. The number of nitrogens with zero attached hydrogens (tertiary/aromatic N) is 3. The summed E-state index contributed by atoms with van der Waals surface area (Å²) in [5.41, 5.74) is 1.74. The molecule has 0 radical (unpaired) electrons. The molecule has 3 rings (SSSR count). The summed E-state index contributed by atoms with van der Waals surface area (Å²) in [5.74, 6) is 0.998. The first-order valence-corrected chi connectivity index (χ1v) is 11.8. The van der Waals surface area contributed by atoms with Crippen molar-refractivity contribution in [1.29, 1.82) is 0 Å². The summed E-state index contributed by atoms with van der Waals surface area (Å²) in [7, 11) is 0. The molecule has 1 aliphatic rings. The zero-order valence-corrected chi connectivity index (χ0v) is 20.1. The molecule has 2 heterocycles. The van der Waals surface area contributed by atoms with Crippen molar-refractivity contribution in [2.24, 2.45) is 0 Å². The zero-order chi connectivity index (χ0) is 22.4. The molecule has 1 N–H and O–H groups in total. The Morgan fingerprint density at radius 1 is 1.23 bits per heavy atom. The topological polar surface area (TPSA) is 61.6 Å². The van der Waals surface area contributed by atoms with E-state index in [1.165, 1.54) is 0 Å². The fourth-order valence-electron chi connectivity index (χ4n) is 3.79. The third-order valence-electron chi connectivity index (χ3n) is 5.50. The standard InChI is InChI=1S/C23H32Cl2N4O2/c1-4-7-19-27-21(16(2)3)22(31-19)23(30)26-10-6-11-28-12-14-29(15-13-28)18-9-5-8-17(24)20(18)25/h5,8-9,16H,4,6-7,10-15H2,1-3H3,(H,26,30). The van der Waals surface area contributed by atoms with Crippen molar-refractivity contribution in [3.05, 3.63) is 45.6 Å². The van der Waals surface area contributed by atoms with Crippen LogP contribution in [0.15, 0.2) is 22.6 Å². The number of carbonyl (C=O) groups excluding carboxylic acids is 1. The lowest BCUT2D eigenvalue weighted by molar-refractivity contribution is 0.0920. The molecule has 0 spiro atoms. The molecule has 1 aromatic carbocycles. The molecule has 1 aromatic heterocycles. The molecule has 6 nitrogen and oxygen atoms in total. The third kappa shape index (κ3) is 6.15. The van der Waals surface area contributed by atoms with Gasteiger partial charge in [0.15, 0.2) is 5.89 Å². The van der Waals surface area contributed by atoms with E-state index in [-0.39, 0.29) is 11.8 Å². The number of hydrogen-bond donors (Lipinski definition) is 1. The van der Waals surface area contributed by atoms with Crippen molar-refractivity contribution in [3.8, 4) is 0 Å². The highest BCUT2D eigenvalue weighted by atomic mass is 35.5. The lowest BCUT2D eigenvalue weighted by Crippen LogP contribution is -2.47. The molecule has 2 aromatic rings. The SMILES string of the molecule is CCCc1nc(C(C)C)c(C(=O)NCCCN2CCN(c3cccc(Cl)c3Cl)CC2)o1. The maximum absolute atomic E-state index is 12.6. The van der Waals surface area contributed by atoms with Gasteiger partial charge >= 0.3 is 0 Å². The fraction of sp³-hybridized carbons (Fsp3) is 0.565. The number of aromatic nitrogens is 1. The number of piperazine rings is 1. The molecule has 1 amide bonds. The Morgan fingerprint density at radius 2 is 1.97 bits per heavy atom. The van der Waals surface area contributed by atoms with Crippen LogP contribution in [0.5, 0.6) is 0 Å². The van der Waals surface area contributed by atoms with Gasteiger partial charge in [0, 0.05) is 39.1 Å². The summed E-state index contributed by atoms with van der Waals surface area (Å²) < 4.78 is 5.74. The molecule has 8 heteroatoms. The molecule has 0 atom stereocenters. The first kappa shape index (κ1) is 23.9. The van der Waals surface area contributed by atoms with Crippen LogP contribution in [0.3, 0.4) is 0 Å². The molecule has 0 saturated carbocycles. The molecule has 0 aliphatic carbocycles. The number of amides is 1. The average Bonchev–Trinajstić information content (AvgIpc) is 3.18. The normalized spacial score (nSPS) is 15.0. The Kier molecular flexibility index (Phi) is 8.64. The molecule has 31 heavy (non-hydrogen) atoms. The second kappa shape index (κ2) is 11.2. The van der Waals surface area contributed by atoms with Crippen molar-refractivity contribution in [2.75, 3.05) is 44.2 Å². The number of nitrogens with one attached hydrogen (secondary N) is 1. The molecule has 0 bridgehead atoms. The number of halogens is 2. The van der Waals surface area contributed by atoms with E-state index in [1.54, 1.807) is 0 Å². The van der Waals surface area contributed by atoms with Crippen LogP contribution in [0.4, 0.5) is 5.69 Å². The fourth-order valence-corrected chi connectivity index (χ4v) is 4.20. The van der Waals surface area contributed by atoms with E-state index in [0.717, 1.165) is 63.4 Å². The smallest absolute Gasteiger partial charge is 0.289 e. The van der Waals surface area contributed by atoms with E-state index in [2.05, 4.69) is 27.0 Å². The van der Waals surface area contributed by atoms with E-state index in [9.17, 15) is 4.79 Å². The summed E-state index contributed by atoms with van der Waals surface area (Å²) in [6.07, 6.45) is 2.58. The molecular formula is C23H32Cl2N4O2. The van der Waals surface area contributed by atoms with Gasteiger partial charge in [-0.25, -0.2) is 4.98 Å². The first-order valence-electron chi connectivity index (χ1n) is 11.1. The zero-order valence-electron chi connectivity index (χ0n) is 18.6. The maximum Gasteiger partial charge on any atom is 0.289 e. The highest BCUT2D eigenvalue weighted by molar-refractivity contribution is 6.43. The second-order valence-corrected chi connectivity index (χ2v) is 9.02. The van der Waals surface area contributed by atoms with Gasteiger partial charge in [0.25, 0.3) is 5.91 Å². The van der Waals surface area contributed by atoms with Gasteiger partial charge in [0.05, 0.1) is 21.4 Å². The van der Waals surface area contributed by atoms with Gasteiger partial charge in [0.1, 0.15) is 0 Å². The van der Waals surface area contributed by atoms with Crippen LogP contribution in [0.25, 0.3) is 0 Å². The molecule has 170 valence electrons. The Bertz CT molecular complexity index is 876. The minimum absolute atomic E-state index is 0.152.